The summed E-state index contributed by atoms with van der Waals surface area (Å²) in [6, 6.07) is 10.6. The van der Waals surface area contributed by atoms with E-state index < -0.39 is 0 Å². The van der Waals surface area contributed by atoms with Crippen LogP contribution >= 0.6 is 0 Å². The normalized spacial score (nSPS) is 16.9. The van der Waals surface area contributed by atoms with Crippen molar-refractivity contribution in [3.8, 4) is 0 Å². The van der Waals surface area contributed by atoms with Gasteiger partial charge in [0.25, 0.3) is 0 Å². The van der Waals surface area contributed by atoms with E-state index in [4.69, 9.17) is 4.74 Å². The third-order valence-electron chi connectivity index (χ3n) is 5.15. The highest BCUT2D eigenvalue weighted by molar-refractivity contribution is 5.69. The minimum atomic E-state index is -0.231. The van der Waals surface area contributed by atoms with Gasteiger partial charge in [-0.25, -0.2) is 14.8 Å². The molecule has 27 heavy (non-hydrogen) atoms. The summed E-state index contributed by atoms with van der Waals surface area (Å²) < 4.78 is 5.09. The molecule has 2 aliphatic rings. The number of hydrogen-bond donors (Lipinski definition) is 0. The van der Waals surface area contributed by atoms with Crippen molar-refractivity contribution < 1.29 is 9.53 Å². The lowest BCUT2D eigenvalue weighted by Gasteiger charge is -2.35. The van der Waals surface area contributed by atoms with Crippen molar-refractivity contribution in [2.45, 2.75) is 19.8 Å². The van der Waals surface area contributed by atoms with Gasteiger partial charge in [0.05, 0.1) is 6.61 Å². The molecule has 142 valence electrons. The summed E-state index contributed by atoms with van der Waals surface area (Å²) >= 11 is 0. The maximum atomic E-state index is 11.9. The first-order chi connectivity index (χ1) is 13.3. The first kappa shape index (κ1) is 17.6. The number of carbonyl (C=O) groups is 1. The Hall–Kier alpha value is -2.83. The molecule has 0 unspecified atom stereocenters. The Bertz CT molecular complexity index is 804. The quantitative estimate of drug-likeness (QED) is 0.831. The third kappa shape index (κ3) is 3.67. The topological polar surface area (TPSA) is 61.8 Å². The van der Waals surface area contributed by atoms with Gasteiger partial charge in [0, 0.05) is 44.5 Å². The highest BCUT2D eigenvalue weighted by atomic mass is 16.6. The van der Waals surface area contributed by atoms with Gasteiger partial charge in [-0.3, -0.25) is 0 Å². The average Bonchev–Trinajstić information content (AvgIpc) is 2.74. The Balaban J connectivity index is 1.49. The molecule has 0 N–H and O–H groups in total. The van der Waals surface area contributed by atoms with E-state index >= 15 is 0 Å². The number of para-hydroxylation sites is 1. The standard InChI is InChI=1S/C20H25N5O2/c1-2-27-20(26)24-12-10-23(11-13-24)18-14-19(22-15-21-18)25-9-5-7-16-6-3-4-8-17(16)25/h3-4,6,8,14-15H,2,5,7,9-13H2,1H3. The summed E-state index contributed by atoms with van der Waals surface area (Å²) in [5.41, 5.74) is 2.60. The fourth-order valence-electron chi connectivity index (χ4n) is 3.76. The predicted molar refractivity (Wildman–Crippen MR) is 105 cm³/mol. The number of anilines is 3. The molecular weight excluding hydrogens is 342 g/mol. The van der Waals surface area contributed by atoms with E-state index in [1.54, 1.807) is 11.2 Å². The molecule has 4 rings (SSSR count). The Morgan fingerprint density at radius 1 is 1.07 bits per heavy atom. The van der Waals surface area contributed by atoms with Gasteiger partial charge in [0.15, 0.2) is 0 Å². The van der Waals surface area contributed by atoms with Gasteiger partial charge in [-0.2, -0.15) is 0 Å². The molecule has 2 aromatic rings. The number of benzene rings is 1. The van der Waals surface area contributed by atoms with Crippen LogP contribution in [-0.2, 0) is 11.2 Å². The highest BCUT2D eigenvalue weighted by Gasteiger charge is 2.24. The van der Waals surface area contributed by atoms with Crippen LogP contribution in [0.15, 0.2) is 36.7 Å². The Kier molecular flexibility index (Phi) is 5.09. The Morgan fingerprint density at radius 2 is 1.85 bits per heavy atom. The smallest absolute Gasteiger partial charge is 0.409 e. The van der Waals surface area contributed by atoms with Crippen molar-refractivity contribution in [3.63, 3.8) is 0 Å². The molecule has 0 spiro atoms. The van der Waals surface area contributed by atoms with Crippen molar-refractivity contribution in [1.29, 1.82) is 0 Å². The van der Waals surface area contributed by atoms with Gasteiger partial charge in [-0.15, -0.1) is 0 Å². The molecule has 0 bridgehead atoms. The molecule has 0 aliphatic carbocycles. The van der Waals surface area contributed by atoms with Crippen molar-refractivity contribution in [2.24, 2.45) is 0 Å². The molecule has 1 amide bonds. The summed E-state index contributed by atoms with van der Waals surface area (Å²) in [5, 5.41) is 0. The van der Waals surface area contributed by atoms with E-state index in [2.05, 4.69) is 50.1 Å². The molecule has 0 atom stereocenters. The summed E-state index contributed by atoms with van der Waals surface area (Å²) in [6.07, 6.45) is 3.64. The van der Waals surface area contributed by atoms with Crippen molar-refractivity contribution >= 4 is 23.4 Å². The molecule has 0 saturated carbocycles. The van der Waals surface area contributed by atoms with Gasteiger partial charge in [-0.1, -0.05) is 18.2 Å². The second-order valence-electron chi connectivity index (χ2n) is 6.79. The van der Waals surface area contributed by atoms with Crippen LogP contribution in [0.1, 0.15) is 18.9 Å². The van der Waals surface area contributed by atoms with Crippen LogP contribution in [0.3, 0.4) is 0 Å². The highest BCUT2D eigenvalue weighted by Crippen LogP contribution is 2.33. The maximum absolute atomic E-state index is 11.9. The van der Waals surface area contributed by atoms with Gasteiger partial charge >= 0.3 is 6.09 Å². The van der Waals surface area contributed by atoms with E-state index in [-0.39, 0.29) is 6.09 Å². The van der Waals surface area contributed by atoms with Gasteiger partial charge in [-0.05, 0) is 31.4 Å². The molecular formula is C20H25N5O2. The van der Waals surface area contributed by atoms with E-state index in [0.29, 0.717) is 19.7 Å². The van der Waals surface area contributed by atoms with Crippen LogP contribution in [0.5, 0.6) is 0 Å². The zero-order chi connectivity index (χ0) is 18.6. The average molecular weight is 367 g/mol. The second-order valence-corrected chi connectivity index (χ2v) is 6.79. The summed E-state index contributed by atoms with van der Waals surface area (Å²) in [4.78, 5) is 27.1. The number of amides is 1. The van der Waals surface area contributed by atoms with Crippen LogP contribution in [0.2, 0.25) is 0 Å². The van der Waals surface area contributed by atoms with Gasteiger partial charge in [0.2, 0.25) is 0 Å². The minimum Gasteiger partial charge on any atom is -0.450 e. The molecule has 3 heterocycles. The SMILES string of the molecule is CCOC(=O)N1CCN(c2cc(N3CCCc4ccccc43)ncn2)CC1. The van der Waals surface area contributed by atoms with E-state index in [1.165, 1.54) is 11.3 Å². The predicted octanol–water partition coefficient (Wildman–Crippen LogP) is 2.84. The molecule has 1 aromatic carbocycles. The largest absolute Gasteiger partial charge is 0.450 e. The number of hydrogen-bond acceptors (Lipinski definition) is 6. The van der Waals surface area contributed by atoms with E-state index in [9.17, 15) is 4.79 Å². The van der Waals surface area contributed by atoms with Crippen molar-refractivity contribution in [1.82, 2.24) is 14.9 Å². The second kappa shape index (κ2) is 7.82. The van der Waals surface area contributed by atoms with E-state index in [0.717, 1.165) is 44.1 Å². The molecule has 1 fully saturated rings. The van der Waals surface area contributed by atoms with Crippen LogP contribution < -0.4 is 9.80 Å². The van der Waals surface area contributed by atoms with Crippen LogP contribution in [0.4, 0.5) is 22.1 Å². The summed E-state index contributed by atoms with van der Waals surface area (Å²) in [5.74, 6) is 1.84. The molecule has 1 aromatic heterocycles. The van der Waals surface area contributed by atoms with Crippen LogP contribution in [0, 0.1) is 0 Å². The van der Waals surface area contributed by atoms with Gasteiger partial charge in [0.1, 0.15) is 18.0 Å². The van der Waals surface area contributed by atoms with Crippen molar-refractivity contribution in [3.05, 3.63) is 42.2 Å². The molecule has 1 saturated heterocycles. The lowest BCUT2D eigenvalue weighted by molar-refractivity contribution is 0.105. The fraction of sp³-hybridized carbons (Fsp3) is 0.450. The number of fused-ring (bicyclic) bond motifs is 1. The lowest BCUT2D eigenvalue weighted by atomic mass is 10.0. The minimum absolute atomic E-state index is 0.231. The molecule has 7 nitrogen and oxygen atoms in total. The number of nitrogens with zero attached hydrogens (tertiary/aromatic N) is 5. The number of carbonyl (C=O) groups excluding carboxylic acids is 1. The third-order valence-corrected chi connectivity index (χ3v) is 5.15. The fourth-order valence-corrected chi connectivity index (χ4v) is 3.76. The number of aryl methyl sites for hydroxylation is 1. The Labute approximate surface area is 159 Å². The monoisotopic (exact) mass is 367 g/mol. The Morgan fingerprint density at radius 3 is 2.67 bits per heavy atom. The zero-order valence-corrected chi connectivity index (χ0v) is 15.7. The van der Waals surface area contributed by atoms with Crippen molar-refractivity contribution in [2.75, 3.05) is 49.1 Å². The zero-order valence-electron chi connectivity index (χ0n) is 15.7. The molecule has 7 heteroatoms. The summed E-state index contributed by atoms with van der Waals surface area (Å²) in [7, 11) is 0. The number of aromatic nitrogens is 2. The molecule has 0 radical (unpaired) electrons. The first-order valence-electron chi connectivity index (χ1n) is 9.60. The maximum Gasteiger partial charge on any atom is 0.409 e. The van der Waals surface area contributed by atoms with Gasteiger partial charge < -0.3 is 19.4 Å². The number of rotatable bonds is 3. The lowest BCUT2D eigenvalue weighted by Crippen LogP contribution is -2.49. The molecule has 2 aliphatic heterocycles. The number of ether oxygens (including phenoxy) is 1. The van der Waals surface area contributed by atoms with Crippen LogP contribution in [0.25, 0.3) is 0 Å². The first-order valence-corrected chi connectivity index (χ1v) is 9.60. The summed E-state index contributed by atoms with van der Waals surface area (Å²) in [6.45, 7) is 5.97. The van der Waals surface area contributed by atoms with Crippen LogP contribution in [-0.4, -0.2) is 60.3 Å². The van der Waals surface area contributed by atoms with E-state index in [1.807, 2.05) is 6.92 Å². The number of piperazine rings is 1.